The number of hydrogen-bond donors (Lipinski definition) is 2. The molecule has 2 N–H and O–H groups in total. The smallest absolute Gasteiger partial charge is 0.187 e. The first-order valence-corrected chi connectivity index (χ1v) is 6.31. The van der Waals surface area contributed by atoms with Crippen molar-refractivity contribution in [1.29, 1.82) is 0 Å². The second-order valence-corrected chi connectivity index (χ2v) is 4.51. The highest BCUT2D eigenvalue weighted by molar-refractivity contribution is 7.80. The molecule has 98 valence electrons. The number of nitrogens with one attached hydrogen (secondary N) is 2. The van der Waals surface area contributed by atoms with Crippen LogP contribution in [0.25, 0.3) is 0 Å². The molecule has 7 heteroatoms. The molecule has 0 spiro atoms. The van der Waals surface area contributed by atoms with E-state index >= 15 is 0 Å². The van der Waals surface area contributed by atoms with Crippen molar-refractivity contribution in [3.8, 4) is 0 Å². The van der Waals surface area contributed by atoms with Gasteiger partial charge in [-0.3, -0.25) is 5.43 Å². The SMILES string of the molecule is COCCNC(=S)NN=Cc1ccc(Cl)c(Cl)c1. The number of thiocarbonyl (C=S) groups is 1. The summed E-state index contributed by atoms with van der Waals surface area (Å²) >= 11 is 16.7. The molecule has 0 radical (unpaired) electrons. The summed E-state index contributed by atoms with van der Waals surface area (Å²) in [5.74, 6) is 0. The lowest BCUT2D eigenvalue weighted by atomic mass is 10.2. The average molecular weight is 306 g/mol. The predicted molar refractivity (Wildman–Crippen MR) is 79.7 cm³/mol. The van der Waals surface area contributed by atoms with Gasteiger partial charge in [0, 0.05) is 13.7 Å². The minimum Gasteiger partial charge on any atom is -0.383 e. The first-order chi connectivity index (χ1) is 8.63. The Hall–Kier alpha value is -0.880. The molecule has 0 saturated carbocycles. The van der Waals surface area contributed by atoms with Crippen LogP contribution < -0.4 is 10.7 Å². The van der Waals surface area contributed by atoms with Gasteiger partial charge in [0.05, 0.1) is 22.9 Å². The van der Waals surface area contributed by atoms with Gasteiger partial charge in [-0.2, -0.15) is 5.10 Å². The van der Waals surface area contributed by atoms with Crippen LogP contribution in [0.3, 0.4) is 0 Å². The second kappa shape index (κ2) is 8.26. The fraction of sp³-hybridized carbons (Fsp3) is 0.273. The third-order valence-electron chi connectivity index (χ3n) is 1.92. The molecule has 0 saturated heterocycles. The number of halogens is 2. The summed E-state index contributed by atoms with van der Waals surface area (Å²) in [6, 6.07) is 5.23. The molecule has 0 aliphatic heterocycles. The van der Waals surface area contributed by atoms with E-state index in [0.29, 0.717) is 28.3 Å². The van der Waals surface area contributed by atoms with Crippen LogP contribution in [-0.2, 0) is 4.74 Å². The molecule has 0 atom stereocenters. The van der Waals surface area contributed by atoms with Gasteiger partial charge in [0.2, 0.25) is 0 Å². The number of methoxy groups -OCH3 is 1. The molecule has 0 aromatic heterocycles. The van der Waals surface area contributed by atoms with E-state index in [9.17, 15) is 0 Å². The lowest BCUT2D eigenvalue weighted by molar-refractivity contribution is 0.204. The molecule has 1 aromatic rings. The maximum absolute atomic E-state index is 5.87. The zero-order valence-electron chi connectivity index (χ0n) is 9.74. The van der Waals surface area contributed by atoms with Crippen LogP contribution in [0, 0.1) is 0 Å². The van der Waals surface area contributed by atoms with Crippen LogP contribution >= 0.6 is 35.4 Å². The zero-order chi connectivity index (χ0) is 13.4. The summed E-state index contributed by atoms with van der Waals surface area (Å²) < 4.78 is 4.87. The maximum Gasteiger partial charge on any atom is 0.187 e. The Morgan fingerprint density at radius 1 is 1.44 bits per heavy atom. The van der Waals surface area contributed by atoms with Crippen LogP contribution in [0.5, 0.6) is 0 Å². The van der Waals surface area contributed by atoms with Crippen molar-refractivity contribution >= 4 is 46.7 Å². The van der Waals surface area contributed by atoms with Crippen molar-refractivity contribution in [2.75, 3.05) is 20.3 Å². The molecule has 0 aliphatic rings. The molecule has 1 aromatic carbocycles. The summed E-state index contributed by atoms with van der Waals surface area (Å²) in [6.07, 6.45) is 1.60. The molecule has 0 bridgehead atoms. The highest BCUT2D eigenvalue weighted by Gasteiger charge is 1.97. The van der Waals surface area contributed by atoms with Gasteiger partial charge < -0.3 is 10.1 Å². The maximum atomic E-state index is 5.87. The quantitative estimate of drug-likeness (QED) is 0.380. The van der Waals surface area contributed by atoms with Crippen molar-refractivity contribution in [2.45, 2.75) is 0 Å². The predicted octanol–water partition coefficient (Wildman–Crippen LogP) is 2.44. The summed E-state index contributed by atoms with van der Waals surface area (Å²) in [5, 5.41) is 8.33. The minimum absolute atomic E-state index is 0.434. The molecule has 1 rings (SSSR count). The van der Waals surface area contributed by atoms with Crippen LogP contribution in [0.1, 0.15) is 5.56 Å². The molecular formula is C11H13Cl2N3OS. The Bertz CT molecular complexity index is 440. The Morgan fingerprint density at radius 2 is 2.22 bits per heavy atom. The van der Waals surface area contributed by atoms with Crippen molar-refractivity contribution in [2.24, 2.45) is 5.10 Å². The van der Waals surface area contributed by atoms with Crippen LogP contribution in [-0.4, -0.2) is 31.6 Å². The third kappa shape index (κ3) is 5.64. The molecule has 0 aliphatic carbocycles. The van der Waals surface area contributed by atoms with E-state index < -0.39 is 0 Å². The molecule has 0 heterocycles. The van der Waals surface area contributed by atoms with Crippen LogP contribution in [0.2, 0.25) is 10.0 Å². The van der Waals surface area contributed by atoms with E-state index in [1.807, 2.05) is 0 Å². The number of hydrazone groups is 1. The third-order valence-corrected chi connectivity index (χ3v) is 2.89. The zero-order valence-corrected chi connectivity index (χ0v) is 12.1. The summed E-state index contributed by atoms with van der Waals surface area (Å²) in [7, 11) is 1.63. The lowest BCUT2D eigenvalue weighted by Crippen LogP contribution is -2.34. The first-order valence-electron chi connectivity index (χ1n) is 5.14. The van der Waals surface area contributed by atoms with Crippen LogP contribution in [0.15, 0.2) is 23.3 Å². The Balaban J connectivity index is 2.40. The Kier molecular flexibility index (Phi) is 6.97. The van der Waals surface area contributed by atoms with Gasteiger partial charge in [0.15, 0.2) is 5.11 Å². The van der Waals surface area contributed by atoms with Gasteiger partial charge in [-0.15, -0.1) is 0 Å². The normalized spacial score (nSPS) is 10.6. The van der Waals surface area contributed by atoms with Gasteiger partial charge in [-0.25, -0.2) is 0 Å². The summed E-state index contributed by atoms with van der Waals surface area (Å²) in [4.78, 5) is 0. The topological polar surface area (TPSA) is 45.6 Å². The molecule has 18 heavy (non-hydrogen) atoms. The largest absolute Gasteiger partial charge is 0.383 e. The Labute approximate surface area is 121 Å². The first kappa shape index (κ1) is 15.2. The van der Waals surface area contributed by atoms with Crippen molar-refractivity contribution < 1.29 is 4.74 Å². The number of hydrogen-bond acceptors (Lipinski definition) is 3. The summed E-state index contributed by atoms with van der Waals surface area (Å²) in [5.41, 5.74) is 3.51. The number of benzene rings is 1. The Morgan fingerprint density at radius 3 is 2.89 bits per heavy atom. The lowest BCUT2D eigenvalue weighted by Gasteiger charge is -2.05. The van der Waals surface area contributed by atoms with E-state index in [1.54, 1.807) is 31.5 Å². The fourth-order valence-corrected chi connectivity index (χ4v) is 1.53. The fourth-order valence-electron chi connectivity index (χ4n) is 1.06. The van der Waals surface area contributed by atoms with Crippen LogP contribution in [0.4, 0.5) is 0 Å². The van der Waals surface area contributed by atoms with Gasteiger partial charge in [0.1, 0.15) is 0 Å². The molecule has 0 fully saturated rings. The van der Waals surface area contributed by atoms with Gasteiger partial charge in [-0.05, 0) is 29.9 Å². The van der Waals surface area contributed by atoms with Crippen molar-refractivity contribution in [3.05, 3.63) is 33.8 Å². The average Bonchev–Trinajstić information content (AvgIpc) is 2.34. The number of nitrogens with zero attached hydrogens (tertiary/aromatic N) is 1. The standard InChI is InChI=1S/C11H13Cl2N3OS/c1-17-5-4-14-11(18)16-15-7-8-2-3-9(12)10(13)6-8/h2-3,6-7H,4-5H2,1H3,(H2,14,16,18). The van der Waals surface area contributed by atoms with E-state index in [2.05, 4.69) is 15.8 Å². The van der Waals surface area contributed by atoms with Gasteiger partial charge in [0.25, 0.3) is 0 Å². The number of ether oxygens (including phenoxy) is 1. The van der Waals surface area contributed by atoms with Crippen molar-refractivity contribution in [1.82, 2.24) is 10.7 Å². The minimum atomic E-state index is 0.434. The van der Waals surface area contributed by atoms with E-state index in [-0.39, 0.29) is 0 Å². The number of rotatable bonds is 5. The summed E-state index contributed by atoms with van der Waals surface area (Å²) in [6.45, 7) is 1.21. The molecule has 4 nitrogen and oxygen atoms in total. The molecule has 0 amide bonds. The van der Waals surface area contributed by atoms with E-state index in [4.69, 9.17) is 40.2 Å². The molecule has 0 unspecified atom stereocenters. The highest BCUT2D eigenvalue weighted by atomic mass is 35.5. The second-order valence-electron chi connectivity index (χ2n) is 3.29. The van der Waals surface area contributed by atoms with E-state index in [0.717, 1.165) is 5.56 Å². The monoisotopic (exact) mass is 305 g/mol. The van der Waals surface area contributed by atoms with Gasteiger partial charge >= 0.3 is 0 Å². The van der Waals surface area contributed by atoms with Gasteiger partial charge in [-0.1, -0.05) is 29.3 Å². The van der Waals surface area contributed by atoms with Crippen molar-refractivity contribution in [3.63, 3.8) is 0 Å². The molecular weight excluding hydrogens is 293 g/mol. The van der Waals surface area contributed by atoms with E-state index in [1.165, 1.54) is 0 Å². The highest BCUT2D eigenvalue weighted by Crippen LogP contribution is 2.21.